The van der Waals surface area contributed by atoms with Crippen LogP contribution in [-0.4, -0.2) is 34.0 Å². The molecular formula is C69H49N3O2Si2. The molecule has 0 radical (unpaired) electrons. The van der Waals surface area contributed by atoms with Gasteiger partial charge in [0, 0.05) is 38.9 Å². The maximum absolute atomic E-state index is 9.81. The zero-order valence-corrected chi connectivity index (χ0v) is 43.4. The van der Waals surface area contributed by atoms with Crippen molar-refractivity contribution in [2.24, 2.45) is 9.98 Å². The number of para-hydroxylation sites is 2. The van der Waals surface area contributed by atoms with Crippen molar-refractivity contribution < 1.29 is 8.83 Å². The first-order valence-corrected chi connectivity index (χ1v) is 29.6. The third kappa shape index (κ3) is 8.06. The zero-order chi connectivity index (χ0) is 50.9. The Bertz CT molecular complexity index is 4230. The van der Waals surface area contributed by atoms with Crippen molar-refractivity contribution in [1.29, 1.82) is 5.41 Å². The summed E-state index contributed by atoms with van der Waals surface area (Å²) in [5, 5.41) is 23.9. The molecule has 0 spiro atoms. The molecule has 0 aliphatic heterocycles. The molecule has 0 atom stereocenters. The van der Waals surface area contributed by atoms with E-state index in [2.05, 4.69) is 224 Å². The normalized spacial score (nSPS) is 12.3. The maximum atomic E-state index is 9.81. The van der Waals surface area contributed by atoms with Crippen LogP contribution in [0.1, 0.15) is 16.7 Å². The van der Waals surface area contributed by atoms with Gasteiger partial charge < -0.3 is 8.83 Å². The summed E-state index contributed by atoms with van der Waals surface area (Å²) in [6, 6.07) is 101. The fourth-order valence-electron chi connectivity index (χ4n) is 11.5. The molecule has 0 amide bonds. The highest BCUT2D eigenvalue weighted by molar-refractivity contribution is 7.20. The Morgan fingerprint density at radius 3 is 1.17 bits per heavy atom. The van der Waals surface area contributed by atoms with Crippen LogP contribution in [-0.2, 0) is 0 Å². The summed E-state index contributed by atoms with van der Waals surface area (Å²) in [6.07, 6.45) is 1.90. The monoisotopic (exact) mass is 1010 g/mol. The van der Waals surface area contributed by atoms with E-state index in [1.165, 1.54) is 36.3 Å². The molecule has 0 aliphatic carbocycles. The van der Waals surface area contributed by atoms with Gasteiger partial charge in [-0.1, -0.05) is 261 Å². The molecule has 0 bridgehead atoms. The maximum Gasteiger partial charge on any atom is 0.179 e. The summed E-state index contributed by atoms with van der Waals surface area (Å²) in [7, 11) is -6.05. The van der Waals surface area contributed by atoms with Crippen LogP contribution in [0, 0.1) is 5.41 Å². The van der Waals surface area contributed by atoms with Crippen molar-refractivity contribution in [3.8, 4) is 0 Å². The number of furan rings is 2. The lowest BCUT2D eigenvalue weighted by Gasteiger charge is -2.34. The number of nitrogens with one attached hydrogen (secondary N) is 1. The average Bonchev–Trinajstić information content (AvgIpc) is 4.17. The Hall–Kier alpha value is -9.54. The van der Waals surface area contributed by atoms with Crippen molar-refractivity contribution in [2.75, 3.05) is 0 Å². The van der Waals surface area contributed by atoms with Crippen LogP contribution in [0.5, 0.6) is 0 Å². The minimum absolute atomic E-state index is 0.115. The standard InChI is InChI=1S/C69H49N3O2Si2/c70-68(51-25-21-35-57(45-51)76(54-30-12-4-13-31-54,55-32-14-5-15-33-55)59-41-43-63-61-37-17-19-39-65(61)74-67(63)47-59)72-69(50-23-6-1-7-24-50)71-48-49-22-20-34-56(44-49)75(52-26-8-2-9-27-52,53-28-10-3-11-29-53)58-40-42-62-60-36-16-18-38-64(60)73-66(62)46-58/h1-48,70H. The molecule has 7 heteroatoms. The molecule has 0 fully saturated rings. The molecule has 13 rings (SSSR count). The summed E-state index contributed by atoms with van der Waals surface area (Å²) < 4.78 is 13.1. The Morgan fingerprint density at radius 2 is 0.684 bits per heavy atom. The van der Waals surface area contributed by atoms with E-state index in [1.54, 1.807) is 0 Å². The van der Waals surface area contributed by atoms with E-state index in [0.29, 0.717) is 11.4 Å². The topological polar surface area (TPSA) is 74.8 Å². The number of aliphatic imine (C=N–C) groups is 2. The number of hydrogen-bond acceptors (Lipinski definition) is 3. The molecule has 0 saturated carbocycles. The smallest absolute Gasteiger partial charge is 0.179 e. The first-order valence-electron chi connectivity index (χ1n) is 25.6. The van der Waals surface area contributed by atoms with Gasteiger partial charge in [0.05, 0.1) is 0 Å². The molecule has 2 aromatic heterocycles. The van der Waals surface area contributed by atoms with Crippen molar-refractivity contribution in [1.82, 2.24) is 0 Å². The molecule has 0 saturated heterocycles. The molecule has 0 unspecified atom stereocenters. The summed E-state index contributed by atoms with van der Waals surface area (Å²) >= 11 is 0. The van der Waals surface area contributed by atoms with Crippen LogP contribution in [0.4, 0.5) is 0 Å². The van der Waals surface area contributed by atoms with E-state index in [-0.39, 0.29) is 5.84 Å². The number of amidine groups is 2. The quantitative estimate of drug-likeness (QED) is 0.0607. The highest BCUT2D eigenvalue weighted by Crippen LogP contribution is 2.30. The molecule has 2 heterocycles. The lowest BCUT2D eigenvalue weighted by molar-refractivity contribution is 0.669. The van der Waals surface area contributed by atoms with E-state index in [9.17, 15) is 5.41 Å². The van der Waals surface area contributed by atoms with Gasteiger partial charge in [0.25, 0.3) is 0 Å². The van der Waals surface area contributed by atoms with Crippen LogP contribution in [0.2, 0.25) is 0 Å². The van der Waals surface area contributed by atoms with E-state index in [4.69, 9.17) is 18.8 Å². The molecule has 0 aliphatic rings. The lowest BCUT2D eigenvalue weighted by Crippen LogP contribution is -2.74. The first kappa shape index (κ1) is 46.3. The second-order valence-electron chi connectivity index (χ2n) is 19.2. The third-order valence-corrected chi connectivity index (χ3v) is 24.4. The first-order chi connectivity index (χ1) is 37.6. The van der Waals surface area contributed by atoms with Crippen molar-refractivity contribution in [3.63, 3.8) is 0 Å². The van der Waals surface area contributed by atoms with Gasteiger partial charge in [-0.15, -0.1) is 0 Å². The van der Waals surface area contributed by atoms with Crippen molar-refractivity contribution in [3.05, 3.63) is 302 Å². The highest BCUT2D eigenvalue weighted by atomic mass is 28.3. The molecule has 5 nitrogen and oxygen atoms in total. The van der Waals surface area contributed by atoms with Crippen LogP contribution < -0.4 is 41.5 Å². The van der Waals surface area contributed by atoms with Gasteiger partial charge in [-0.25, -0.2) is 9.98 Å². The summed E-state index contributed by atoms with van der Waals surface area (Å²) in [4.78, 5) is 10.3. The van der Waals surface area contributed by atoms with Gasteiger partial charge >= 0.3 is 0 Å². The van der Waals surface area contributed by atoms with Crippen LogP contribution in [0.3, 0.4) is 0 Å². The molecule has 11 aromatic carbocycles. The Morgan fingerprint density at radius 1 is 0.316 bits per heavy atom. The summed E-state index contributed by atoms with van der Waals surface area (Å²) in [5.41, 5.74) is 5.89. The molecule has 360 valence electrons. The number of rotatable bonds is 11. The molecule has 1 N–H and O–H groups in total. The van der Waals surface area contributed by atoms with Gasteiger partial charge in [-0.3, -0.25) is 5.41 Å². The molecule has 13 aromatic rings. The minimum Gasteiger partial charge on any atom is -0.456 e. The van der Waals surface area contributed by atoms with Crippen molar-refractivity contribution in [2.45, 2.75) is 0 Å². The third-order valence-electron chi connectivity index (χ3n) is 14.9. The summed E-state index contributed by atoms with van der Waals surface area (Å²) in [6.45, 7) is 0. The summed E-state index contributed by atoms with van der Waals surface area (Å²) in [5.74, 6) is 0.556. The largest absolute Gasteiger partial charge is 0.456 e. The van der Waals surface area contributed by atoms with Crippen molar-refractivity contribution >= 4 is 119 Å². The second kappa shape index (κ2) is 19.7. The van der Waals surface area contributed by atoms with Crippen LogP contribution >= 0.6 is 0 Å². The number of fused-ring (bicyclic) bond motifs is 6. The predicted octanol–water partition coefficient (Wildman–Crippen LogP) is 11.1. The fraction of sp³-hybridized carbons (Fsp3) is 0. The average molecular weight is 1010 g/mol. The fourth-order valence-corrected chi connectivity index (χ4v) is 21.1. The number of benzene rings is 11. The van der Waals surface area contributed by atoms with Crippen LogP contribution in [0.15, 0.2) is 304 Å². The van der Waals surface area contributed by atoms with E-state index < -0.39 is 16.1 Å². The van der Waals surface area contributed by atoms with E-state index in [0.717, 1.165) is 60.2 Å². The van der Waals surface area contributed by atoms with E-state index in [1.807, 2.05) is 66.9 Å². The van der Waals surface area contributed by atoms with Crippen LogP contribution in [0.25, 0.3) is 43.9 Å². The lowest BCUT2D eigenvalue weighted by atomic mass is 10.1. The Labute approximate surface area is 443 Å². The Balaban J connectivity index is 0.930. The van der Waals surface area contributed by atoms with Gasteiger partial charge in [-0.05, 0) is 71.3 Å². The van der Waals surface area contributed by atoms with E-state index >= 15 is 0 Å². The number of nitrogens with zero attached hydrogens (tertiary/aromatic N) is 2. The minimum atomic E-state index is -3.06. The predicted molar refractivity (Wildman–Crippen MR) is 322 cm³/mol. The highest BCUT2D eigenvalue weighted by Gasteiger charge is 2.43. The van der Waals surface area contributed by atoms with Gasteiger partial charge in [0.1, 0.15) is 22.3 Å². The number of hydrogen-bond donors (Lipinski definition) is 1. The molecule has 76 heavy (non-hydrogen) atoms. The van der Waals surface area contributed by atoms with Gasteiger partial charge in [0.15, 0.2) is 27.8 Å². The SMILES string of the molecule is N=C(N=C(N=Cc1cccc([Si](c2ccccc2)(c2ccccc2)c2ccc3c(c2)oc2ccccc23)c1)c1ccccc1)c1cccc([Si](c2ccccc2)(c2ccccc2)c2ccc3c(c2)oc2ccccc23)c1. The second-order valence-corrected chi connectivity index (χ2v) is 26.8. The zero-order valence-electron chi connectivity index (χ0n) is 41.4. The van der Waals surface area contributed by atoms with Gasteiger partial charge in [-0.2, -0.15) is 0 Å². The van der Waals surface area contributed by atoms with Gasteiger partial charge in [0.2, 0.25) is 0 Å². The Kier molecular flexibility index (Phi) is 12.0. The molecular weight excluding hydrogens is 959 g/mol.